The third kappa shape index (κ3) is 23.5. The van der Waals surface area contributed by atoms with Gasteiger partial charge in [-0.3, -0.25) is 0 Å². The van der Waals surface area contributed by atoms with Crippen molar-refractivity contribution in [3.05, 3.63) is 5.32 Å². The Balaban J connectivity index is -0.000000149. The Morgan fingerprint density at radius 1 is 1.20 bits per heavy atom. The Bertz CT molecular complexity index is 38.2. The van der Waals surface area contributed by atoms with Gasteiger partial charge in [-0.25, -0.2) is 0 Å². The van der Waals surface area contributed by atoms with Gasteiger partial charge in [0.25, 0.3) is 0 Å². The van der Waals surface area contributed by atoms with Crippen LogP contribution in [-0.4, -0.2) is 12.6 Å². The molecule has 0 aromatic rings. The number of hydrogen-bond donors (Lipinski definition) is 0. The normalized spacial score (nSPS) is 7.80. The van der Waals surface area contributed by atoms with Gasteiger partial charge in [-0.05, 0) is 0 Å². The molecule has 1 nitrogen and oxygen atoms in total. The molecule has 0 spiro atoms. The maximum absolute atomic E-state index is 4.24. The summed E-state index contributed by atoms with van der Waals surface area (Å²) >= 11 is 0. The van der Waals surface area contributed by atoms with Crippen LogP contribution in [0.3, 0.4) is 0 Å². The summed E-state index contributed by atoms with van der Waals surface area (Å²) in [7, 11) is 0. The Kier molecular flexibility index (Phi) is 27.5. The second kappa shape index (κ2) is 16.3. The van der Waals surface area contributed by atoms with Crippen LogP contribution in [0.5, 0.6) is 0 Å². The molecule has 0 unspecified atom stereocenters. The predicted octanol–water partition coefficient (Wildman–Crippen LogP) is 3.20. The maximum atomic E-state index is 4.24. The van der Waals surface area contributed by atoms with Crippen molar-refractivity contribution in [3.8, 4) is 0 Å². The van der Waals surface area contributed by atoms with E-state index in [0.717, 1.165) is 6.54 Å². The van der Waals surface area contributed by atoms with Gasteiger partial charge < -0.3 is 5.32 Å². The van der Waals surface area contributed by atoms with Gasteiger partial charge in [0.2, 0.25) is 0 Å². The summed E-state index contributed by atoms with van der Waals surface area (Å²) in [6.45, 7) is 11.4. The van der Waals surface area contributed by atoms with Gasteiger partial charge in [-0.2, -0.15) is 0 Å². The van der Waals surface area contributed by atoms with Gasteiger partial charge in [-0.1, -0.05) is 41.0 Å². The molecule has 1 radical (unpaired) electrons. The largest absolute Gasteiger partial charge is 1.00 e. The summed E-state index contributed by atoms with van der Waals surface area (Å²) in [5, 5.41) is 4.24. The van der Waals surface area contributed by atoms with Crippen LogP contribution >= 0.6 is 0 Å². The molecule has 0 N–H and O–H groups in total. The van der Waals surface area contributed by atoms with Gasteiger partial charge in [0.15, 0.2) is 0 Å². The maximum Gasteiger partial charge on any atom is 1.00 e. The van der Waals surface area contributed by atoms with Gasteiger partial charge in [0.1, 0.15) is 0 Å². The van der Waals surface area contributed by atoms with E-state index in [9.17, 15) is 0 Å². The van der Waals surface area contributed by atoms with E-state index in [1.54, 1.807) is 0 Å². The van der Waals surface area contributed by atoms with E-state index in [1.807, 2.05) is 13.8 Å². The van der Waals surface area contributed by atoms with E-state index >= 15 is 0 Å². The molecule has 0 saturated carbocycles. The van der Waals surface area contributed by atoms with Crippen LogP contribution < -0.4 is 0 Å². The van der Waals surface area contributed by atoms with Crippen molar-refractivity contribution < 1.29 is 19.5 Å². The first-order valence-electron chi connectivity index (χ1n) is 3.94. The first-order chi connectivity index (χ1) is 4.27. The molecule has 0 saturated heterocycles. The van der Waals surface area contributed by atoms with Crippen molar-refractivity contribution in [2.24, 2.45) is 0 Å². The monoisotopic (exact) mass is 232 g/mol. The molecule has 0 amide bonds. The summed E-state index contributed by atoms with van der Waals surface area (Å²) in [6.07, 6.45) is 1.18. The Hall–Kier alpha value is 0.583. The van der Waals surface area contributed by atoms with Crippen molar-refractivity contribution in [2.75, 3.05) is 6.54 Å². The van der Waals surface area contributed by atoms with Gasteiger partial charge in [0, 0.05) is 0 Å². The number of nitrogens with zero attached hydrogens (tertiary/aromatic N) is 1. The van der Waals surface area contributed by atoms with E-state index < -0.39 is 0 Å². The second-order valence-electron chi connectivity index (χ2n) is 2.00. The first-order valence-corrected chi connectivity index (χ1v) is 3.94. The van der Waals surface area contributed by atoms with Crippen LogP contribution in [0.4, 0.5) is 0 Å². The molecule has 0 heterocycles. The minimum absolute atomic E-state index is 0. The fourth-order valence-corrected chi connectivity index (χ4v) is 0.387. The summed E-state index contributed by atoms with van der Waals surface area (Å²) in [6, 6.07) is 0.528. The van der Waals surface area contributed by atoms with Crippen molar-refractivity contribution in [1.29, 1.82) is 0 Å². The molecule has 2 heteroatoms. The summed E-state index contributed by atoms with van der Waals surface area (Å²) in [4.78, 5) is 0. The molecule has 10 heavy (non-hydrogen) atoms. The third-order valence-electron chi connectivity index (χ3n) is 0.718. The zero-order chi connectivity index (χ0) is 7.70. The van der Waals surface area contributed by atoms with Crippen LogP contribution in [0, 0.1) is 0 Å². The van der Waals surface area contributed by atoms with Crippen molar-refractivity contribution >= 4 is 0 Å². The average Bonchev–Trinajstić information content (AvgIpc) is 1.88. The molecule has 0 atom stereocenters. The van der Waals surface area contributed by atoms with Crippen molar-refractivity contribution in [3.63, 3.8) is 0 Å². The molecule has 0 aliphatic rings. The molecule has 0 bridgehead atoms. The molecule has 0 aromatic carbocycles. The summed E-state index contributed by atoms with van der Waals surface area (Å²) < 4.78 is 0. The SMILES string of the molecule is CC.CCC[N-]C(C)C.[Ru+]. The topological polar surface area (TPSA) is 14.1 Å². The van der Waals surface area contributed by atoms with Gasteiger partial charge in [-0.15, -0.1) is 12.6 Å². The minimum Gasteiger partial charge on any atom is -0.660 e. The first kappa shape index (κ1) is 16.9. The standard InChI is InChI=1S/C6H14N.C2H6.Ru/c1-4-5-7-6(2)3;1-2;/h6H,4-5H2,1-3H3;1-2H3;/q-1;;+1. The van der Waals surface area contributed by atoms with E-state index in [4.69, 9.17) is 0 Å². The van der Waals surface area contributed by atoms with E-state index in [2.05, 4.69) is 26.1 Å². The van der Waals surface area contributed by atoms with E-state index in [1.165, 1.54) is 6.42 Å². The van der Waals surface area contributed by atoms with Crippen LogP contribution in [0.15, 0.2) is 0 Å². The fraction of sp³-hybridized carbons (Fsp3) is 1.00. The quantitative estimate of drug-likeness (QED) is 0.662. The van der Waals surface area contributed by atoms with Crippen LogP contribution in [0.25, 0.3) is 5.32 Å². The van der Waals surface area contributed by atoms with Crippen molar-refractivity contribution in [2.45, 2.75) is 47.1 Å². The second-order valence-corrected chi connectivity index (χ2v) is 2.00. The van der Waals surface area contributed by atoms with Gasteiger partial charge >= 0.3 is 19.5 Å². The number of rotatable bonds is 3. The third-order valence-corrected chi connectivity index (χ3v) is 0.718. The Labute approximate surface area is 78.7 Å². The molecule has 65 valence electrons. The fourth-order valence-electron chi connectivity index (χ4n) is 0.387. The Morgan fingerprint density at radius 3 is 1.70 bits per heavy atom. The van der Waals surface area contributed by atoms with Crippen LogP contribution in [0.2, 0.25) is 0 Å². The molecular formula is C8H20NRu. The Morgan fingerprint density at radius 2 is 1.60 bits per heavy atom. The zero-order valence-electron chi connectivity index (χ0n) is 7.79. The molecule has 0 fully saturated rings. The predicted molar refractivity (Wildman–Crippen MR) is 45.0 cm³/mol. The van der Waals surface area contributed by atoms with Gasteiger partial charge in [0.05, 0.1) is 0 Å². The summed E-state index contributed by atoms with van der Waals surface area (Å²) in [5.74, 6) is 0. The summed E-state index contributed by atoms with van der Waals surface area (Å²) in [5.41, 5.74) is 0. The minimum atomic E-state index is 0. The molecule has 0 aromatic heterocycles. The average molecular weight is 231 g/mol. The molecule has 0 rings (SSSR count). The van der Waals surface area contributed by atoms with Crippen LogP contribution in [-0.2, 0) is 19.5 Å². The van der Waals surface area contributed by atoms with Crippen LogP contribution in [0.1, 0.15) is 41.0 Å². The zero-order valence-corrected chi connectivity index (χ0v) is 9.53. The van der Waals surface area contributed by atoms with E-state index in [-0.39, 0.29) is 19.5 Å². The molecule has 0 aliphatic heterocycles. The smallest absolute Gasteiger partial charge is 0.660 e. The number of hydrogen-bond acceptors (Lipinski definition) is 0. The molecular weight excluding hydrogens is 211 g/mol. The van der Waals surface area contributed by atoms with Crippen molar-refractivity contribution in [1.82, 2.24) is 0 Å². The van der Waals surface area contributed by atoms with E-state index in [0.29, 0.717) is 6.04 Å². The molecule has 0 aliphatic carbocycles.